The molecule has 0 unspecified atom stereocenters. The van der Waals surface area contributed by atoms with Gasteiger partial charge in [0.05, 0.1) is 17.4 Å². The molecular formula is C44H29F3O9. The summed E-state index contributed by atoms with van der Waals surface area (Å²) in [6, 6.07) is 21.8. The minimum atomic E-state index is -4.94. The number of ether oxygens (including phenoxy) is 5. The number of rotatable bonds is 12. The summed E-state index contributed by atoms with van der Waals surface area (Å²) in [6.45, 7) is 13.1. The first-order valence-electron chi connectivity index (χ1n) is 16.1. The van der Waals surface area contributed by atoms with Crippen molar-refractivity contribution >= 4 is 30.0 Å². The molecule has 9 nitrogen and oxygen atoms in total. The SMILES string of the molecule is C=CC(=O)Oc1ccc(/C=C/OCc2ccc(C#Cc3cc(OC(=O)C=C)c(C#Cc4ccc(OC(=O)C(=C)C(F)(F)F)cc4)cc3OC(=O)C=C)cc2)cc1. The van der Waals surface area contributed by atoms with Gasteiger partial charge in [-0.15, -0.1) is 0 Å². The predicted octanol–water partition coefficient (Wildman–Crippen LogP) is 7.97. The minimum Gasteiger partial charge on any atom is -0.496 e. The van der Waals surface area contributed by atoms with E-state index in [1.807, 2.05) is 12.1 Å². The van der Waals surface area contributed by atoms with Gasteiger partial charge in [-0.3, -0.25) is 0 Å². The van der Waals surface area contributed by atoms with E-state index < -0.39 is 35.6 Å². The number of hydrogen-bond acceptors (Lipinski definition) is 9. The van der Waals surface area contributed by atoms with Crippen molar-refractivity contribution in [1.82, 2.24) is 0 Å². The lowest BCUT2D eigenvalue weighted by molar-refractivity contribution is -0.142. The fourth-order valence-electron chi connectivity index (χ4n) is 4.15. The number of carbonyl (C=O) groups excluding carboxylic acids is 4. The number of esters is 4. The number of carbonyl (C=O) groups is 4. The molecule has 0 aliphatic rings. The molecule has 0 aliphatic carbocycles. The summed E-state index contributed by atoms with van der Waals surface area (Å²) in [5, 5.41) is 0. The second kappa shape index (κ2) is 19.3. The average Bonchev–Trinajstić information content (AvgIpc) is 3.19. The largest absolute Gasteiger partial charge is 0.496 e. The normalized spacial score (nSPS) is 10.3. The molecule has 0 bridgehead atoms. The van der Waals surface area contributed by atoms with Crippen LogP contribution in [0.2, 0.25) is 0 Å². The second-order valence-corrected chi connectivity index (χ2v) is 11.0. The molecule has 0 N–H and O–H groups in total. The first-order valence-corrected chi connectivity index (χ1v) is 16.1. The zero-order valence-electron chi connectivity index (χ0n) is 29.3. The molecule has 4 aromatic rings. The molecule has 0 amide bonds. The molecule has 280 valence electrons. The van der Waals surface area contributed by atoms with Crippen molar-refractivity contribution in [3.05, 3.63) is 175 Å². The van der Waals surface area contributed by atoms with Crippen LogP contribution in [-0.4, -0.2) is 30.1 Å². The zero-order valence-corrected chi connectivity index (χ0v) is 29.3. The van der Waals surface area contributed by atoms with E-state index in [1.165, 1.54) is 42.7 Å². The summed E-state index contributed by atoms with van der Waals surface area (Å²) in [5.74, 6) is 7.81. The van der Waals surface area contributed by atoms with Crippen LogP contribution in [0, 0.1) is 23.7 Å². The Balaban J connectivity index is 1.52. The van der Waals surface area contributed by atoms with Gasteiger partial charge < -0.3 is 23.7 Å². The summed E-state index contributed by atoms with van der Waals surface area (Å²) in [6.07, 6.45) is 1.30. The molecule has 4 aromatic carbocycles. The summed E-state index contributed by atoms with van der Waals surface area (Å²) >= 11 is 0. The van der Waals surface area contributed by atoms with Crippen molar-refractivity contribution < 1.29 is 56.0 Å². The Kier molecular flexibility index (Phi) is 14.1. The second-order valence-electron chi connectivity index (χ2n) is 11.0. The molecule has 0 aromatic heterocycles. The molecule has 0 saturated carbocycles. The van der Waals surface area contributed by atoms with Crippen LogP contribution in [0.4, 0.5) is 13.2 Å². The fraction of sp³-hybridized carbons (Fsp3) is 0.0455. The maximum absolute atomic E-state index is 12.7. The van der Waals surface area contributed by atoms with Crippen molar-refractivity contribution in [2.45, 2.75) is 12.8 Å². The summed E-state index contributed by atoms with van der Waals surface area (Å²) in [4.78, 5) is 47.5. The summed E-state index contributed by atoms with van der Waals surface area (Å²) < 4.78 is 64.5. The van der Waals surface area contributed by atoms with Crippen LogP contribution in [0.5, 0.6) is 23.0 Å². The van der Waals surface area contributed by atoms with Gasteiger partial charge in [0, 0.05) is 41.5 Å². The topological polar surface area (TPSA) is 114 Å². The van der Waals surface area contributed by atoms with Gasteiger partial charge in [0.1, 0.15) is 35.2 Å². The molecule has 0 atom stereocenters. The van der Waals surface area contributed by atoms with Crippen molar-refractivity contribution in [1.29, 1.82) is 0 Å². The van der Waals surface area contributed by atoms with Crippen LogP contribution in [0.1, 0.15) is 33.4 Å². The number of benzene rings is 4. The average molecular weight is 759 g/mol. The Morgan fingerprint density at radius 3 is 1.54 bits per heavy atom. The van der Waals surface area contributed by atoms with Gasteiger partial charge in [-0.1, -0.05) is 74.3 Å². The Labute approximate surface area is 319 Å². The third-order valence-corrected chi connectivity index (χ3v) is 7.00. The van der Waals surface area contributed by atoms with Gasteiger partial charge in [0.2, 0.25) is 0 Å². The predicted molar refractivity (Wildman–Crippen MR) is 200 cm³/mol. The van der Waals surface area contributed by atoms with E-state index in [2.05, 4.69) is 50.0 Å². The molecule has 56 heavy (non-hydrogen) atoms. The smallest absolute Gasteiger partial charge is 0.422 e. The first kappa shape index (κ1) is 40.9. The minimum absolute atomic E-state index is 0.0264. The fourth-order valence-corrected chi connectivity index (χ4v) is 4.15. The van der Waals surface area contributed by atoms with Crippen molar-refractivity contribution in [3.8, 4) is 46.7 Å². The van der Waals surface area contributed by atoms with E-state index in [-0.39, 0.29) is 35.0 Å². The van der Waals surface area contributed by atoms with Crippen molar-refractivity contribution in [2.75, 3.05) is 0 Å². The first-order chi connectivity index (χ1) is 26.8. The van der Waals surface area contributed by atoms with Gasteiger partial charge in [0.15, 0.2) is 0 Å². The highest BCUT2D eigenvalue weighted by molar-refractivity contribution is 5.91. The van der Waals surface area contributed by atoms with Crippen LogP contribution in [0.15, 0.2) is 141 Å². The highest BCUT2D eigenvalue weighted by Crippen LogP contribution is 2.30. The lowest BCUT2D eigenvalue weighted by atomic mass is 10.1. The van der Waals surface area contributed by atoms with E-state index in [4.69, 9.17) is 23.7 Å². The highest BCUT2D eigenvalue weighted by atomic mass is 19.4. The number of alkyl halides is 3. The Hall–Kier alpha value is -7.83. The number of hydrogen-bond donors (Lipinski definition) is 0. The van der Waals surface area contributed by atoms with Gasteiger partial charge in [-0.25, -0.2) is 19.2 Å². The van der Waals surface area contributed by atoms with Crippen LogP contribution >= 0.6 is 0 Å². The quantitative estimate of drug-likeness (QED) is 0.0467. The molecule has 12 heteroatoms. The highest BCUT2D eigenvalue weighted by Gasteiger charge is 2.38. The third-order valence-electron chi connectivity index (χ3n) is 7.00. The Morgan fingerprint density at radius 2 is 1.05 bits per heavy atom. The van der Waals surface area contributed by atoms with Crippen LogP contribution < -0.4 is 18.9 Å². The monoisotopic (exact) mass is 758 g/mol. The van der Waals surface area contributed by atoms with E-state index in [0.29, 0.717) is 16.9 Å². The van der Waals surface area contributed by atoms with Crippen molar-refractivity contribution in [3.63, 3.8) is 0 Å². The maximum Gasteiger partial charge on any atom is 0.422 e. The van der Waals surface area contributed by atoms with Gasteiger partial charge in [-0.05, 0) is 65.7 Å². The molecule has 0 heterocycles. The van der Waals surface area contributed by atoms with Crippen molar-refractivity contribution in [2.24, 2.45) is 0 Å². The van der Waals surface area contributed by atoms with E-state index in [9.17, 15) is 32.3 Å². The van der Waals surface area contributed by atoms with Gasteiger partial charge >= 0.3 is 30.1 Å². The molecule has 4 rings (SSSR count). The van der Waals surface area contributed by atoms with Gasteiger partial charge in [-0.2, -0.15) is 13.2 Å². The summed E-state index contributed by atoms with van der Waals surface area (Å²) in [5.41, 5.74) is 1.19. The molecule has 0 radical (unpaired) electrons. The zero-order chi connectivity index (χ0) is 40.7. The third kappa shape index (κ3) is 12.4. The molecule has 0 aliphatic heterocycles. The molecule has 0 fully saturated rings. The molecule has 0 saturated heterocycles. The number of halogens is 3. The molecule has 0 spiro atoms. The van der Waals surface area contributed by atoms with E-state index in [1.54, 1.807) is 42.5 Å². The standard InChI is InChI=1S/C44H29F3O9/c1-5-40(48)53-36-20-16-32(17-21-36)24-25-52-28-33-10-8-30(9-11-33)12-18-34-26-39(56-42(50)7-3)35(27-38(34)55-41(49)6-2)19-13-31-14-22-37(23-15-31)54-43(51)29(4)44(45,46)47/h5-11,14-17,20-27H,1-4,28H2/b25-24+. The van der Waals surface area contributed by atoms with E-state index >= 15 is 0 Å². The van der Waals surface area contributed by atoms with Gasteiger partial charge in [0.25, 0.3) is 0 Å². The summed E-state index contributed by atoms with van der Waals surface area (Å²) in [7, 11) is 0. The molecular weight excluding hydrogens is 729 g/mol. The Bertz CT molecular complexity index is 2330. The lowest BCUT2D eigenvalue weighted by Crippen LogP contribution is -2.23. The Morgan fingerprint density at radius 1 is 0.607 bits per heavy atom. The van der Waals surface area contributed by atoms with Crippen LogP contribution in [-0.2, 0) is 30.5 Å². The van der Waals surface area contributed by atoms with Crippen LogP contribution in [0.25, 0.3) is 6.08 Å². The van der Waals surface area contributed by atoms with Crippen LogP contribution in [0.3, 0.4) is 0 Å². The maximum atomic E-state index is 12.7. The lowest BCUT2D eigenvalue weighted by Gasteiger charge is -2.10. The van der Waals surface area contributed by atoms with E-state index in [0.717, 1.165) is 29.4 Å².